The second-order valence-electron chi connectivity index (χ2n) is 5.93. The van der Waals surface area contributed by atoms with Crippen LogP contribution in [0.4, 0.5) is 0 Å². The Morgan fingerprint density at radius 2 is 1.42 bits per heavy atom. The monoisotopic (exact) mass is 276 g/mol. The molecule has 0 spiro atoms. The smallest absolute Gasteiger partial charge is 0.0298 e. The van der Waals surface area contributed by atoms with Crippen LogP contribution in [0.2, 0.25) is 0 Å². The van der Waals surface area contributed by atoms with E-state index in [9.17, 15) is 0 Å². The van der Waals surface area contributed by atoms with E-state index in [2.05, 4.69) is 54.8 Å². The quantitative estimate of drug-likeness (QED) is 0.771. The second-order valence-corrected chi connectivity index (χ2v) is 8.81. The van der Waals surface area contributed by atoms with Crippen LogP contribution in [0.15, 0.2) is 30.3 Å². The van der Waals surface area contributed by atoms with Crippen LogP contribution >= 0.6 is 7.92 Å². The van der Waals surface area contributed by atoms with Crippen LogP contribution in [0, 0.1) is 0 Å². The first-order valence-corrected chi connectivity index (χ1v) is 9.09. The normalized spacial score (nSPS) is 39.4. The Balaban J connectivity index is 1.84. The van der Waals surface area contributed by atoms with E-state index in [1.54, 1.807) is 0 Å². The Bertz CT molecular complexity index is 388. The van der Waals surface area contributed by atoms with Gasteiger partial charge < -0.3 is 10.6 Å². The molecule has 3 rings (SSSR count). The highest BCUT2D eigenvalue weighted by Gasteiger charge is 2.36. The molecule has 0 bridgehead atoms. The minimum absolute atomic E-state index is 0.175. The van der Waals surface area contributed by atoms with Crippen molar-refractivity contribution in [3.8, 4) is 0 Å². The van der Waals surface area contributed by atoms with Crippen molar-refractivity contribution in [2.24, 2.45) is 0 Å². The summed E-state index contributed by atoms with van der Waals surface area (Å²) in [6.45, 7) is 4.77. The van der Waals surface area contributed by atoms with Gasteiger partial charge in [-0.1, -0.05) is 43.2 Å². The van der Waals surface area contributed by atoms with E-state index in [-0.39, 0.29) is 7.92 Å². The molecule has 19 heavy (non-hydrogen) atoms. The first-order valence-electron chi connectivity index (χ1n) is 7.61. The van der Waals surface area contributed by atoms with Crippen LogP contribution in [-0.2, 0) is 0 Å². The van der Waals surface area contributed by atoms with E-state index in [1.807, 2.05) is 0 Å². The summed E-state index contributed by atoms with van der Waals surface area (Å²) in [5.74, 6) is 1.21. The zero-order valence-electron chi connectivity index (χ0n) is 12.0. The van der Waals surface area contributed by atoms with Gasteiger partial charge in [-0.05, 0) is 39.9 Å². The average Bonchev–Trinajstić information content (AvgIpc) is 2.54. The molecule has 0 amide bonds. The Morgan fingerprint density at radius 3 is 1.95 bits per heavy atom. The van der Waals surface area contributed by atoms with Gasteiger partial charge in [-0.25, -0.2) is 0 Å². The molecule has 1 saturated heterocycles. The largest absolute Gasteiger partial charge is 0.306 e. The minimum atomic E-state index is -0.175. The highest BCUT2D eigenvalue weighted by Crippen LogP contribution is 2.45. The maximum atomic E-state index is 3.93. The van der Waals surface area contributed by atoms with Gasteiger partial charge in [0, 0.05) is 23.6 Å². The van der Waals surface area contributed by atoms with Crippen LogP contribution in [0.25, 0.3) is 0 Å². The first-order chi connectivity index (χ1) is 9.25. The van der Waals surface area contributed by atoms with Crippen LogP contribution in [0.3, 0.4) is 0 Å². The van der Waals surface area contributed by atoms with Gasteiger partial charge in [0.05, 0.1) is 0 Å². The minimum Gasteiger partial charge on any atom is -0.306 e. The van der Waals surface area contributed by atoms with E-state index < -0.39 is 0 Å². The molecule has 1 aromatic carbocycles. The Morgan fingerprint density at radius 1 is 0.895 bits per heavy atom. The summed E-state index contributed by atoms with van der Waals surface area (Å²) in [7, 11) is -0.175. The number of hydrogen-bond acceptors (Lipinski definition) is 2. The Labute approximate surface area is 118 Å². The third kappa shape index (κ3) is 2.86. The van der Waals surface area contributed by atoms with Crippen molar-refractivity contribution in [2.75, 3.05) is 0 Å². The highest BCUT2D eigenvalue weighted by atomic mass is 31.1. The van der Waals surface area contributed by atoms with Crippen LogP contribution in [0.5, 0.6) is 0 Å². The standard InChI is InChI=1S/C16H25N2P/c1-12-17-15-10-6-7-11-16(15)18-13(2)19(12)14-8-4-3-5-9-14/h3-5,8-9,12-13,15-18H,6-7,10-11H2,1-2H3/t12?,13?,15-,16-,19?/m0/s1. The van der Waals surface area contributed by atoms with Crippen molar-refractivity contribution in [3.63, 3.8) is 0 Å². The molecular weight excluding hydrogens is 251 g/mol. The number of hydrogen-bond donors (Lipinski definition) is 2. The number of benzene rings is 1. The topological polar surface area (TPSA) is 24.1 Å². The summed E-state index contributed by atoms with van der Waals surface area (Å²) < 4.78 is 0. The summed E-state index contributed by atoms with van der Waals surface area (Å²) in [5, 5.41) is 9.38. The predicted molar refractivity (Wildman–Crippen MR) is 84.2 cm³/mol. The van der Waals surface area contributed by atoms with Gasteiger partial charge in [-0.2, -0.15) is 0 Å². The zero-order chi connectivity index (χ0) is 13.2. The van der Waals surface area contributed by atoms with Crippen molar-refractivity contribution in [2.45, 2.75) is 63.2 Å². The molecule has 2 unspecified atom stereocenters. The maximum absolute atomic E-state index is 3.93. The lowest BCUT2D eigenvalue weighted by Crippen LogP contribution is -2.49. The predicted octanol–water partition coefficient (Wildman–Crippen LogP) is 2.99. The molecule has 2 fully saturated rings. The van der Waals surface area contributed by atoms with Gasteiger partial charge in [0.25, 0.3) is 0 Å². The maximum Gasteiger partial charge on any atom is 0.0298 e. The zero-order valence-corrected chi connectivity index (χ0v) is 12.9. The molecule has 0 radical (unpaired) electrons. The van der Waals surface area contributed by atoms with Crippen LogP contribution in [0.1, 0.15) is 39.5 Å². The third-order valence-corrected chi connectivity index (χ3v) is 7.43. The molecule has 2 N–H and O–H groups in total. The number of rotatable bonds is 1. The Kier molecular flexibility index (Phi) is 4.21. The van der Waals surface area contributed by atoms with Crippen molar-refractivity contribution in [1.82, 2.24) is 10.6 Å². The molecule has 1 heterocycles. The molecule has 0 aromatic heterocycles. The highest BCUT2D eigenvalue weighted by molar-refractivity contribution is 7.66. The lowest BCUT2D eigenvalue weighted by atomic mass is 9.90. The molecule has 2 aliphatic rings. The van der Waals surface area contributed by atoms with Crippen LogP contribution in [-0.4, -0.2) is 23.6 Å². The van der Waals surface area contributed by atoms with Crippen molar-refractivity contribution >= 4 is 13.2 Å². The molecule has 1 aromatic rings. The van der Waals surface area contributed by atoms with Gasteiger partial charge >= 0.3 is 0 Å². The summed E-state index contributed by atoms with van der Waals surface area (Å²) in [6.07, 6.45) is 5.46. The molecular formula is C16H25N2P. The molecule has 4 atom stereocenters. The van der Waals surface area contributed by atoms with Crippen molar-refractivity contribution in [3.05, 3.63) is 30.3 Å². The molecule has 3 heteroatoms. The van der Waals surface area contributed by atoms with E-state index in [0.717, 1.165) is 0 Å². The second kappa shape index (κ2) is 5.91. The van der Waals surface area contributed by atoms with Gasteiger partial charge in [-0.15, -0.1) is 0 Å². The van der Waals surface area contributed by atoms with Crippen molar-refractivity contribution < 1.29 is 0 Å². The molecule has 1 saturated carbocycles. The van der Waals surface area contributed by atoms with Gasteiger partial charge in [0.1, 0.15) is 0 Å². The summed E-state index contributed by atoms with van der Waals surface area (Å²) in [4.78, 5) is 0. The fourth-order valence-corrected chi connectivity index (χ4v) is 6.48. The lowest BCUT2D eigenvalue weighted by Gasteiger charge is -2.32. The lowest BCUT2D eigenvalue weighted by molar-refractivity contribution is 0.290. The van der Waals surface area contributed by atoms with Gasteiger partial charge in [-0.3, -0.25) is 0 Å². The molecule has 1 aliphatic heterocycles. The van der Waals surface area contributed by atoms with Crippen LogP contribution < -0.4 is 15.9 Å². The molecule has 104 valence electrons. The summed E-state index contributed by atoms with van der Waals surface area (Å²) in [5.41, 5.74) is 0. The van der Waals surface area contributed by atoms with Gasteiger partial charge in [0.15, 0.2) is 0 Å². The van der Waals surface area contributed by atoms with E-state index in [1.165, 1.54) is 31.0 Å². The van der Waals surface area contributed by atoms with Gasteiger partial charge in [0.2, 0.25) is 0 Å². The van der Waals surface area contributed by atoms with E-state index in [0.29, 0.717) is 23.6 Å². The fourth-order valence-electron chi connectivity index (χ4n) is 3.69. The summed E-state index contributed by atoms with van der Waals surface area (Å²) >= 11 is 0. The summed E-state index contributed by atoms with van der Waals surface area (Å²) in [6, 6.07) is 12.4. The molecule has 1 aliphatic carbocycles. The fraction of sp³-hybridized carbons (Fsp3) is 0.625. The van der Waals surface area contributed by atoms with Crippen molar-refractivity contribution in [1.29, 1.82) is 0 Å². The number of fused-ring (bicyclic) bond motifs is 1. The number of nitrogens with one attached hydrogen (secondary N) is 2. The van der Waals surface area contributed by atoms with E-state index in [4.69, 9.17) is 0 Å². The SMILES string of the molecule is CC1N[C@H]2CCCC[C@@H]2NC(C)P1c1ccccc1. The van der Waals surface area contributed by atoms with E-state index >= 15 is 0 Å². The average molecular weight is 276 g/mol. The Hall–Kier alpha value is -0.430. The third-order valence-electron chi connectivity index (χ3n) is 4.57. The molecule has 2 nitrogen and oxygen atoms in total. The first kappa shape index (κ1) is 13.5.